The first-order valence-electron chi connectivity index (χ1n) is 6.77. The van der Waals surface area contributed by atoms with Gasteiger partial charge in [0, 0.05) is 24.6 Å². The van der Waals surface area contributed by atoms with E-state index in [1.165, 1.54) is 12.1 Å². The van der Waals surface area contributed by atoms with Gasteiger partial charge in [0.1, 0.15) is 0 Å². The second-order valence-corrected chi connectivity index (χ2v) is 5.72. The van der Waals surface area contributed by atoms with Crippen molar-refractivity contribution in [3.05, 3.63) is 29.6 Å². The number of halogens is 1. The molecule has 4 heteroatoms. The van der Waals surface area contributed by atoms with E-state index in [0.717, 1.165) is 18.6 Å². The number of aromatic hydroxyl groups is 1. The van der Waals surface area contributed by atoms with Gasteiger partial charge in [0.25, 0.3) is 0 Å². The Hall–Kier alpha value is -1.13. The van der Waals surface area contributed by atoms with Gasteiger partial charge in [-0.05, 0) is 31.0 Å². The van der Waals surface area contributed by atoms with E-state index in [-0.39, 0.29) is 11.2 Å². The van der Waals surface area contributed by atoms with Crippen LogP contribution in [-0.2, 0) is 11.3 Å². The summed E-state index contributed by atoms with van der Waals surface area (Å²) in [6.07, 6.45) is 1.29. The van der Waals surface area contributed by atoms with Gasteiger partial charge in [-0.1, -0.05) is 19.9 Å². The Morgan fingerprint density at radius 2 is 2.21 bits per heavy atom. The molecule has 19 heavy (non-hydrogen) atoms. The van der Waals surface area contributed by atoms with Gasteiger partial charge < -0.3 is 15.2 Å². The highest BCUT2D eigenvalue weighted by Gasteiger charge is 2.48. The monoisotopic (exact) mass is 267 g/mol. The lowest BCUT2D eigenvalue weighted by molar-refractivity contribution is -0.114. The fraction of sp³-hybridized carbons (Fsp3) is 0.600. The molecule has 0 heterocycles. The third-order valence-corrected chi connectivity index (χ3v) is 4.11. The Morgan fingerprint density at radius 1 is 1.47 bits per heavy atom. The second-order valence-electron chi connectivity index (χ2n) is 5.72. The van der Waals surface area contributed by atoms with Crippen LogP contribution in [0.1, 0.15) is 32.8 Å². The van der Waals surface area contributed by atoms with Crippen molar-refractivity contribution in [1.82, 2.24) is 5.32 Å². The summed E-state index contributed by atoms with van der Waals surface area (Å²) < 4.78 is 18.9. The third kappa shape index (κ3) is 2.90. The summed E-state index contributed by atoms with van der Waals surface area (Å²) in [4.78, 5) is 0. The summed E-state index contributed by atoms with van der Waals surface area (Å²) in [6.45, 7) is 7.72. The van der Waals surface area contributed by atoms with E-state index in [1.54, 1.807) is 6.07 Å². The molecule has 0 radical (unpaired) electrons. The molecule has 1 aliphatic rings. The zero-order valence-corrected chi connectivity index (χ0v) is 11.7. The molecule has 3 nitrogen and oxygen atoms in total. The van der Waals surface area contributed by atoms with Gasteiger partial charge in [0.05, 0.1) is 6.10 Å². The molecular formula is C15H22FNO2. The minimum absolute atomic E-state index is 0.103. The lowest BCUT2D eigenvalue weighted by atomic mass is 9.64. The molecule has 0 spiro atoms. The van der Waals surface area contributed by atoms with Gasteiger partial charge in [-0.15, -0.1) is 0 Å². The number of benzene rings is 1. The van der Waals surface area contributed by atoms with Crippen LogP contribution in [0.3, 0.4) is 0 Å². The number of phenolic OH excluding ortho intramolecular Hbond substituents is 1. The quantitative estimate of drug-likeness (QED) is 0.862. The predicted molar refractivity (Wildman–Crippen MR) is 72.5 cm³/mol. The first-order chi connectivity index (χ1) is 8.95. The van der Waals surface area contributed by atoms with E-state index in [2.05, 4.69) is 19.2 Å². The number of phenols is 1. The van der Waals surface area contributed by atoms with Crippen molar-refractivity contribution in [3.8, 4) is 5.75 Å². The molecule has 2 N–H and O–H groups in total. The molecule has 1 aromatic rings. The van der Waals surface area contributed by atoms with Crippen LogP contribution >= 0.6 is 0 Å². The first kappa shape index (κ1) is 14.3. The van der Waals surface area contributed by atoms with Gasteiger partial charge in [0.15, 0.2) is 11.6 Å². The average Bonchev–Trinajstić information content (AvgIpc) is 2.37. The maximum absolute atomic E-state index is 13.2. The zero-order chi connectivity index (χ0) is 14.0. The van der Waals surface area contributed by atoms with Crippen molar-refractivity contribution >= 4 is 0 Å². The fourth-order valence-electron chi connectivity index (χ4n) is 2.62. The second kappa shape index (κ2) is 5.47. The number of ether oxygens (including phenoxy) is 1. The van der Waals surface area contributed by atoms with Crippen molar-refractivity contribution in [2.24, 2.45) is 5.41 Å². The standard InChI is InChI=1S/C15H22FNO2/c1-4-19-14-8-13(15(14,2)3)17-9-10-5-6-12(18)11(16)7-10/h5-7,13-14,17-18H,4,8-9H2,1-3H3. The predicted octanol–water partition coefficient (Wildman–Crippen LogP) is 2.82. The van der Waals surface area contributed by atoms with Crippen LogP contribution < -0.4 is 5.32 Å². The van der Waals surface area contributed by atoms with E-state index in [9.17, 15) is 4.39 Å². The molecule has 1 aliphatic carbocycles. The van der Waals surface area contributed by atoms with Crippen LogP contribution in [0.5, 0.6) is 5.75 Å². The highest BCUT2D eigenvalue weighted by atomic mass is 19.1. The summed E-state index contributed by atoms with van der Waals surface area (Å²) in [5.41, 5.74) is 0.942. The van der Waals surface area contributed by atoms with E-state index < -0.39 is 5.82 Å². The van der Waals surface area contributed by atoms with Crippen LogP contribution in [-0.4, -0.2) is 23.9 Å². The van der Waals surface area contributed by atoms with Crippen molar-refractivity contribution in [2.45, 2.75) is 45.9 Å². The van der Waals surface area contributed by atoms with E-state index >= 15 is 0 Å². The summed E-state index contributed by atoms with van der Waals surface area (Å²) in [5.74, 6) is -0.872. The van der Waals surface area contributed by atoms with Crippen molar-refractivity contribution < 1.29 is 14.2 Å². The van der Waals surface area contributed by atoms with Crippen LogP contribution in [0.2, 0.25) is 0 Å². The number of rotatable bonds is 5. The van der Waals surface area contributed by atoms with Gasteiger partial charge in [-0.2, -0.15) is 0 Å². The largest absolute Gasteiger partial charge is 0.505 e. The lowest BCUT2D eigenvalue weighted by Gasteiger charge is -2.52. The van der Waals surface area contributed by atoms with E-state index in [4.69, 9.17) is 9.84 Å². The van der Waals surface area contributed by atoms with E-state index in [1.807, 2.05) is 6.92 Å². The smallest absolute Gasteiger partial charge is 0.165 e. The highest BCUT2D eigenvalue weighted by Crippen LogP contribution is 2.42. The summed E-state index contributed by atoms with van der Waals surface area (Å²) in [5, 5.41) is 12.6. The van der Waals surface area contributed by atoms with Gasteiger partial charge in [-0.3, -0.25) is 0 Å². The molecule has 0 bridgehead atoms. The topological polar surface area (TPSA) is 41.5 Å². The minimum Gasteiger partial charge on any atom is -0.505 e. The third-order valence-electron chi connectivity index (χ3n) is 4.11. The fourth-order valence-corrected chi connectivity index (χ4v) is 2.62. The van der Waals surface area contributed by atoms with Crippen LogP contribution in [0.15, 0.2) is 18.2 Å². The van der Waals surface area contributed by atoms with Crippen molar-refractivity contribution in [2.75, 3.05) is 6.61 Å². The SMILES string of the molecule is CCOC1CC(NCc2ccc(O)c(F)c2)C1(C)C. The minimum atomic E-state index is -0.570. The summed E-state index contributed by atoms with van der Waals surface area (Å²) in [7, 11) is 0. The Morgan fingerprint density at radius 3 is 2.79 bits per heavy atom. The molecule has 1 saturated carbocycles. The Kier molecular flexibility index (Phi) is 4.11. The van der Waals surface area contributed by atoms with Gasteiger partial charge in [0.2, 0.25) is 0 Å². The number of hydrogen-bond acceptors (Lipinski definition) is 3. The Balaban J connectivity index is 1.88. The van der Waals surface area contributed by atoms with Gasteiger partial charge in [-0.25, -0.2) is 4.39 Å². The summed E-state index contributed by atoms with van der Waals surface area (Å²) >= 11 is 0. The number of nitrogens with one attached hydrogen (secondary N) is 1. The van der Waals surface area contributed by atoms with Crippen LogP contribution in [0.4, 0.5) is 4.39 Å². The molecule has 1 aromatic carbocycles. The molecular weight excluding hydrogens is 245 g/mol. The first-order valence-corrected chi connectivity index (χ1v) is 6.77. The van der Waals surface area contributed by atoms with Crippen molar-refractivity contribution in [3.63, 3.8) is 0 Å². The molecule has 0 amide bonds. The van der Waals surface area contributed by atoms with E-state index in [0.29, 0.717) is 18.7 Å². The number of hydrogen-bond donors (Lipinski definition) is 2. The Labute approximate surface area is 113 Å². The molecule has 0 saturated heterocycles. The van der Waals surface area contributed by atoms with Crippen molar-refractivity contribution in [1.29, 1.82) is 0 Å². The highest BCUT2D eigenvalue weighted by molar-refractivity contribution is 5.28. The average molecular weight is 267 g/mol. The molecule has 2 unspecified atom stereocenters. The normalized spacial score (nSPS) is 25.1. The van der Waals surface area contributed by atoms with Crippen LogP contribution in [0.25, 0.3) is 0 Å². The van der Waals surface area contributed by atoms with Gasteiger partial charge >= 0.3 is 0 Å². The molecule has 2 atom stereocenters. The Bertz CT molecular complexity index is 448. The zero-order valence-electron chi connectivity index (χ0n) is 11.7. The maximum atomic E-state index is 13.2. The molecule has 0 aromatic heterocycles. The molecule has 2 rings (SSSR count). The van der Waals surface area contributed by atoms with Crippen LogP contribution in [0, 0.1) is 11.2 Å². The lowest BCUT2D eigenvalue weighted by Crippen LogP contribution is -2.60. The maximum Gasteiger partial charge on any atom is 0.165 e. The molecule has 106 valence electrons. The molecule has 0 aliphatic heterocycles. The molecule has 1 fully saturated rings. The summed E-state index contributed by atoms with van der Waals surface area (Å²) in [6, 6.07) is 4.87.